The number of alkyl halides is 4. The molecule has 1 aromatic carbocycles. The van der Waals surface area contributed by atoms with Crippen molar-refractivity contribution in [1.29, 1.82) is 0 Å². The van der Waals surface area contributed by atoms with E-state index in [1.54, 1.807) is 37.3 Å². The topological polar surface area (TPSA) is 68.0 Å². The number of carbonyl (C=O) groups is 1. The lowest BCUT2D eigenvalue weighted by molar-refractivity contribution is -0.141. The standard InChI is InChI=1S/C12H12F3N3.C12H15FO2.C2H6/c1-7-16-9-5-6-10(12(13,14)15)17-11(9)18(7)8-3-2-4-8;1-2-11(14)8-12(15,9-13)10-6-4-3-5-7-10;1-2/h5-6,8H,2-4H2,1H3;3-7,15H,2,8-9H2,1H3;1-2H3. The Morgan fingerprint density at radius 3 is 2.20 bits per heavy atom. The first-order valence-corrected chi connectivity index (χ1v) is 11.9. The molecule has 4 rings (SSSR count). The molecule has 1 unspecified atom stereocenters. The van der Waals surface area contributed by atoms with Crippen LogP contribution >= 0.6 is 0 Å². The first-order valence-electron chi connectivity index (χ1n) is 11.9. The number of hydrogen-bond donors (Lipinski definition) is 1. The number of fused-ring (bicyclic) bond motifs is 1. The molecule has 35 heavy (non-hydrogen) atoms. The van der Waals surface area contributed by atoms with Gasteiger partial charge in [-0.15, -0.1) is 0 Å². The second kappa shape index (κ2) is 12.2. The molecule has 9 heteroatoms. The molecule has 1 aliphatic carbocycles. The van der Waals surface area contributed by atoms with Crippen molar-refractivity contribution in [1.82, 2.24) is 14.5 Å². The molecule has 0 saturated heterocycles. The maximum absolute atomic E-state index is 12.8. The largest absolute Gasteiger partial charge is 0.433 e. The van der Waals surface area contributed by atoms with E-state index in [0.29, 0.717) is 23.1 Å². The molecule has 192 valence electrons. The van der Waals surface area contributed by atoms with Gasteiger partial charge in [-0.25, -0.2) is 14.4 Å². The lowest BCUT2D eigenvalue weighted by Gasteiger charge is -2.28. The molecular formula is C26H33F4N3O2. The summed E-state index contributed by atoms with van der Waals surface area (Å²) in [5.74, 6) is 0.598. The van der Waals surface area contributed by atoms with Crippen LogP contribution in [0.2, 0.25) is 0 Å². The molecule has 1 fully saturated rings. The number of ketones is 1. The summed E-state index contributed by atoms with van der Waals surface area (Å²) in [5, 5.41) is 10.00. The fraction of sp³-hybridized carbons (Fsp3) is 0.500. The number of rotatable bonds is 6. The number of hydrogen-bond acceptors (Lipinski definition) is 4. The second-order valence-corrected chi connectivity index (χ2v) is 8.25. The minimum absolute atomic E-state index is 0.140. The molecule has 0 radical (unpaired) electrons. The SMILES string of the molecule is CC.CCC(=O)CC(O)(CF)c1ccccc1.Cc1nc2ccc(C(F)(F)F)nc2n1C1CCC1. The number of aliphatic hydroxyl groups is 1. The van der Waals surface area contributed by atoms with E-state index in [1.165, 1.54) is 6.07 Å². The van der Waals surface area contributed by atoms with E-state index in [-0.39, 0.29) is 18.2 Å². The quantitative estimate of drug-likeness (QED) is 0.385. The second-order valence-electron chi connectivity index (χ2n) is 8.25. The maximum Gasteiger partial charge on any atom is 0.433 e. The van der Waals surface area contributed by atoms with Crippen LogP contribution in [0.5, 0.6) is 0 Å². The Balaban J connectivity index is 0.000000235. The van der Waals surface area contributed by atoms with E-state index in [9.17, 15) is 27.5 Å². The van der Waals surface area contributed by atoms with Crippen LogP contribution in [0, 0.1) is 6.92 Å². The Morgan fingerprint density at radius 2 is 1.71 bits per heavy atom. The number of pyridine rings is 1. The summed E-state index contributed by atoms with van der Waals surface area (Å²) in [6.07, 6.45) is -1.16. The van der Waals surface area contributed by atoms with Crippen molar-refractivity contribution in [3.8, 4) is 0 Å². The molecule has 0 amide bonds. The molecule has 0 aliphatic heterocycles. The van der Waals surface area contributed by atoms with Crippen molar-refractivity contribution < 1.29 is 27.5 Å². The lowest BCUT2D eigenvalue weighted by Crippen LogP contribution is -2.31. The number of aromatic nitrogens is 3. The smallest absolute Gasteiger partial charge is 0.382 e. The van der Waals surface area contributed by atoms with E-state index >= 15 is 0 Å². The van der Waals surface area contributed by atoms with Gasteiger partial charge < -0.3 is 9.67 Å². The highest BCUT2D eigenvalue weighted by molar-refractivity contribution is 5.79. The van der Waals surface area contributed by atoms with Crippen LogP contribution in [0.15, 0.2) is 42.5 Å². The van der Waals surface area contributed by atoms with Gasteiger partial charge in [-0.1, -0.05) is 51.1 Å². The minimum Gasteiger partial charge on any atom is -0.382 e. The molecule has 1 atom stereocenters. The van der Waals surface area contributed by atoms with Gasteiger partial charge in [-0.05, 0) is 43.9 Å². The highest BCUT2D eigenvalue weighted by Crippen LogP contribution is 2.36. The Hall–Kier alpha value is -2.81. The molecule has 2 aromatic heterocycles. The van der Waals surface area contributed by atoms with Crippen LogP contribution in [-0.4, -0.2) is 32.1 Å². The molecule has 5 nitrogen and oxygen atoms in total. The van der Waals surface area contributed by atoms with Crippen molar-refractivity contribution in [2.45, 2.75) is 77.6 Å². The lowest BCUT2D eigenvalue weighted by atomic mass is 9.89. The van der Waals surface area contributed by atoms with Crippen molar-refractivity contribution in [2.75, 3.05) is 6.67 Å². The van der Waals surface area contributed by atoms with E-state index in [2.05, 4.69) is 9.97 Å². The third-order valence-electron chi connectivity index (χ3n) is 5.86. The molecule has 1 saturated carbocycles. The van der Waals surface area contributed by atoms with Crippen molar-refractivity contribution >= 4 is 16.9 Å². The number of benzene rings is 1. The van der Waals surface area contributed by atoms with Crippen LogP contribution in [0.1, 0.15) is 76.0 Å². The number of halogens is 4. The van der Waals surface area contributed by atoms with E-state index in [4.69, 9.17) is 0 Å². The van der Waals surface area contributed by atoms with Crippen LogP contribution in [0.3, 0.4) is 0 Å². The average molecular weight is 496 g/mol. The number of Topliss-reactive ketones (excluding diaryl/α,β-unsaturated/α-hetero) is 1. The predicted octanol–water partition coefficient (Wildman–Crippen LogP) is 6.72. The van der Waals surface area contributed by atoms with Crippen LogP contribution in [-0.2, 0) is 16.6 Å². The minimum atomic E-state index is -4.41. The zero-order valence-corrected chi connectivity index (χ0v) is 20.6. The summed E-state index contributed by atoms with van der Waals surface area (Å²) >= 11 is 0. The van der Waals surface area contributed by atoms with Crippen LogP contribution < -0.4 is 0 Å². The summed E-state index contributed by atoms with van der Waals surface area (Å²) in [5.41, 5.74) is -1.17. The molecule has 1 aliphatic rings. The number of nitrogens with zero attached hydrogens (tertiary/aromatic N) is 3. The zero-order valence-electron chi connectivity index (χ0n) is 20.6. The number of aryl methyl sites for hydroxylation is 1. The Bertz CT molecular complexity index is 1100. The Kier molecular flexibility index (Phi) is 9.94. The van der Waals surface area contributed by atoms with E-state index < -0.39 is 24.1 Å². The molecule has 0 spiro atoms. The van der Waals surface area contributed by atoms with Gasteiger partial charge in [0.05, 0.1) is 0 Å². The van der Waals surface area contributed by atoms with Crippen molar-refractivity contribution in [2.24, 2.45) is 0 Å². The van der Waals surface area contributed by atoms with Gasteiger partial charge in [0.15, 0.2) is 5.65 Å². The monoisotopic (exact) mass is 495 g/mol. The van der Waals surface area contributed by atoms with Crippen molar-refractivity contribution in [3.63, 3.8) is 0 Å². The Labute approximate surface area is 203 Å². The van der Waals surface area contributed by atoms with E-state index in [1.807, 2.05) is 25.3 Å². The molecule has 2 heterocycles. The van der Waals surface area contributed by atoms with Gasteiger partial charge in [-0.3, -0.25) is 4.79 Å². The van der Waals surface area contributed by atoms with E-state index in [0.717, 1.165) is 31.2 Å². The first kappa shape index (κ1) is 28.4. The molecule has 0 bridgehead atoms. The summed E-state index contributed by atoms with van der Waals surface area (Å²) in [4.78, 5) is 19.3. The van der Waals surface area contributed by atoms with Gasteiger partial charge in [0, 0.05) is 18.9 Å². The predicted molar refractivity (Wildman–Crippen MR) is 128 cm³/mol. The third-order valence-corrected chi connectivity index (χ3v) is 5.86. The zero-order chi connectivity index (χ0) is 26.2. The van der Waals surface area contributed by atoms with Crippen LogP contribution in [0.25, 0.3) is 11.2 Å². The van der Waals surface area contributed by atoms with Gasteiger partial charge in [0.1, 0.15) is 35.1 Å². The van der Waals surface area contributed by atoms with Gasteiger partial charge in [0.2, 0.25) is 0 Å². The summed E-state index contributed by atoms with van der Waals surface area (Å²) < 4.78 is 52.6. The van der Waals surface area contributed by atoms with Crippen LogP contribution in [0.4, 0.5) is 17.6 Å². The van der Waals surface area contributed by atoms with Gasteiger partial charge in [0.25, 0.3) is 0 Å². The molecule has 3 aromatic rings. The summed E-state index contributed by atoms with van der Waals surface area (Å²) in [6, 6.07) is 11.1. The third kappa shape index (κ3) is 6.87. The number of imidazole rings is 1. The Morgan fingerprint density at radius 1 is 1.09 bits per heavy atom. The first-order chi connectivity index (χ1) is 16.6. The van der Waals surface area contributed by atoms with Gasteiger partial charge in [-0.2, -0.15) is 13.2 Å². The number of carbonyl (C=O) groups excluding carboxylic acids is 1. The molecular weight excluding hydrogens is 462 g/mol. The normalized spacial score (nSPS) is 15.2. The van der Waals surface area contributed by atoms with Crippen molar-refractivity contribution in [3.05, 3.63) is 59.5 Å². The summed E-state index contributed by atoms with van der Waals surface area (Å²) in [6.45, 7) is 6.57. The highest BCUT2D eigenvalue weighted by atomic mass is 19.4. The average Bonchev–Trinajstić information content (AvgIpc) is 3.14. The molecule has 1 N–H and O–H groups in total. The van der Waals surface area contributed by atoms with Gasteiger partial charge >= 0.3 is 6.18 Å². The fourth-order valence-corrected chi connectivity index (χ4v) is 3.75. The maximum atomic E-state index is 12.8. The summed E-state index contributed by atoms with van der Waals surface area (Å²) in [7, 11) is 0. The highest BCUT2D eigenvalue weighted by Gasteiger charge is 2.34. The fourth-order valence-electron chi connectivity index (χ4n) is 3.75.